The Balaban J connectivity index is 1.54. The molecule has 1 aromatic carbocycles. The van der Waals surface area contributed by atoms with Gasteiger partial charge < -0.3 is 4.84 Å². The van der Waals surface area contributed by atoms with Crippen molar-refractivity contribution in [1.29, 1.82) is 0 Å². The van der Waals surface area contributed by atoms with Gasteiger partial charge >= 0.3 is 5.97 Å². The van der Waals surface area contributed by atoms with E-state index in [4.69, 9.17) is 9.82 Å². The second kappa shape index (κ2) is 7.55. The first kappa shape index (κ1) is 18.2. The van der Waals surface area contributed by atoms with Gasteiger partial charge in [0.2, 0.25) is 0 Å². The number of thiophene rings is 1. The zero-order valence-electron chi connectivity index (χ0n) is 16.0. The number of benzene rings is 1. The fourth-order valence-corrected chi connectivity index (χ4v) is 5.40. The van der Waals surface area contributed by atoms with Gasteiger partial charge in [0.1, 0.15) is 10.7 Å². The molecule has 29 heavy (non-hydrogen) atoms. The highest BCUT2D eigenvalue weighted by Gasteiger charge is 2.26. The number of oxime groups is 1. The Bertz CT molecular complexity index is 1180. The average molecular weight is 407 g/mol. The van der Waals surface area contributed by atoms with Gasteiger partial charge in [0.15, 0.2) is 0 Å². The molecule has 3 aromatic rings. The normalized spacial score (nSPS) is 17.6. The Morgan fingerprint density at radius 2 is 1.93 bits per heavy atom. The summed E-state index contributed by atoms with van der Waals surface area (Å²) < 4.78 is 1.86. The van der Waals surface area contributed by atoms with Crippen molar-refractivity contribution < 1.29 is 9.63 Å². The SMILES string of the molecule is O=C(ON=C1CCCc2c1sc1nc3n(c(=O)c21)CCCCC3)c1ccccc1. The highest BCUT2D eigenvalue weighted by Crippen LogP contribution is 2.34. The molecule has 2 aliphatic rings. The molecule has 0 saturated carbocycles. The summed E-state index contributed by atoms with van der Waals surface area (Å²) in [5.74, 6) is 0.420. The minimum absolute atomic E-state index is 0.0759. The molecule has 0 fully saturated rings. The van der Waals surface area contributed by atoms with E-state index in [-0.39, 0.29) is 5.56 Å². The number of aryl methyl sites for hydroxylation is 2. The van der Waals surface area contributed by atoms with Crippen molar-refractivity contribution in [3.8, 4) is 0 Å². The first-order chi connectivity index (χ1) is 14.2. The van der Waals surface area contributed by atoms with Crippen LogP contribution in [0.4, 0.5) is 0 Å². The number of hydrogen-bond donors (Lipinski definition) is 0. The highest BCUT2D eigenvalue weighted by molar-refractivity contribution is 7.20. The third kappa shape index (κ3) is 3.29. The van der Waals surface area contributed by atoms with Crippen LogP contribution < -0.4 is 5.56 Å². The number of fused-ring (bicyclic) bond motifs is 4. The molecule has 3 heterocycles. The zero-order chi connectivity index (χ0) is 19.8. The largest absolute Gasteiger partial charge is 0.365 e. The van der Waals surface area contributed by atoms with Crippen LogP contribution in [0.5, 0.6) is 0 Å². The molecule has 0 unspecified atom stereocenters. The van der Waals surface area contributed by atoms with Gasteiger partial charge in [-0.05, 0) is 49.8 Å². The van der Waals surface area contributed by atoms with Gasteiger partial charge in [-0.2, -0.15) is 0 Å². The molecule has 1 aliphatic heterocycles. The lowest BCUT2D eigenvalue weighted by molar-refractivity contribution is 0.0515. The number of hydrogen-bond acceptors (Lipinski definition) is 6. The van der Waals surface area contributed by atoms with E-state index in [2.05, 4.69) is 5.16 Å². The van der Waals surface area contributed by atoms with E-state index in [9.17, 15) is 9.59 Å². The minimum atomic E-state index is -0.476. The first-order valence-electron chi connectivity index (χ1n) is 10.1. The summed E-state index contributed by atoms with van der Waals surface area (Å²) in [6.07, 6.45) is 6.52. The van der Waals surface area contributed by atoms with Crippen LogP contribution in [-0.2, 0) is 24.2 Å². The predicted octanol–water partition coefficient (Wildman–Crippen LogP) is 4.08. The number of carbonyl (C=O) groups excluding carboxylic acids is 1. The summed E-state index contributed by atoms with van der Waals surface area (Å²) in [6.45, 7) is 0.747. The van der Waals surface area contributed by atoms with Crippen molar-refractivity contribution in [2.75, 3.05) is 0 Å². The van der Waals surface area contributed by atoms with E-state index in [0.29, 0.717) is 5.56 Å². The Morgan fingerprint density at radius 3 is 2.79 bits per heavy atom. The maximum atomic E-state index is 13.2. The molecule has 0 amide bonds. The topological polar surface area (TPSA) is 73.5 Å². The molecule has 0 atom stereocenters. The van der Waals surface area contributed by atoms with Crippen LogP contribution in [-0.4, -0.2) is 21.2 Å². The fourth-order valence-electron chi connectivity index (χ4n) is 4.16. The van der Waals surface area contributed by atoms with Crippen molar-refractivity contribution >= 4 is 33.2 Å². The van der Waals surface area contributed by atoms with Crippen LogP contribution in [0.15, 0.2) is 40.3 Å². The maximum Gasteiger partial charge on any atom is 0.365 e. The third-order valence-corrected chi connectivity index (χ3v) is 6.80. The van der Waals surface area contributed by atoms with Crippen LogP contribution in [0.2, 0.25) is 0 Å². The highest BCUT2D eigenvalue weighted by atomic mass is 32.1. The van der Waals surface area contributed by atoms with Gasteiger partial charge in [0.05, 0.1) is 21.5 Å². The fraction of sp³-hybridized carbons (Fsp3) is 0.364. The van der Waals surface area contributed by atoms with Gasteiger partial charge in [-0.3, -0.25) is 9.36 Å². The standard InChI is InChI=1S/C22H21N3O3S/c26-21-18-15-10-7-11-16(24-28-22(27)14-8-3-1-4-9-14)19(15)29-20(18)23-17-12-5-2-6-13-25(17)21/h1,3-4,8-9H,2,5-7,10-13H2. The van der Waals surface area contributed by atoms with Gasteiger partial charge in [0.25, 0.3) is 5.56 Å². The Labute approximate surface area is 171 Å². The van der Waals surface area contributed by atoms with Gasteiger partial charge in [0, 0.05) is 13.0 Å². The lowest BCUT2D eigenvalue weighted by Gasteiger charge is -2.13. The molecule has 0 radical (unpaired) electrons. The Kier molecular flexibility index (Phi) is 4.75. The summed E-state index contributed by atoms with van der Waals surface area (Å²) in [4.78, 5) is 37.2. The van der Waals surface area contributed by atoms with Crippen LogP contribution in [0.3, 0.4) is 0 Å². The van der Waals surface area contributed by atoms with Crippen molar-refractivity contribution in [3.63, 3.8) is 0 Å². The van der Waals surface area contributed by atoms with Crippen LogP contribution in [0.1, 0.15) is 58.7 Å². The Hall–Kier alpha value is -2.80. The van der Waals surface area contributed by atoms with Gasteiger partial charge in [-0.1, -0.05) is 29.8 Å². The van der Waals surface area contributed by atoms with Crippen molar-refractivity contribution in [2.45, 2.75) is 51.5 Å². The first-order valence-corrected chi connectivity index (χ1v) is 10.9. The summed E-state index contributed by atoms with van der Waals surface area (Å²) in [5.41, 5.74) is 2.29. The summed E-state index contributed by atoms with van der Waals surface area (Å²) in [6, 6.07) is 8.83. The lowest BCUT2D eigenvalue weighted by atomic mass is 9.95. The van der Waals surface area contributed by atoms with Gasteiger partial charge in [-0.25, -0.2) is 9.78 Å². The van der Waals surface area contributed by atoms with Crippen LogP contribution in [0, 0.1) is 0 Å². The molecule has 0 N–H and O–H groups in total. The number of nitrogens with zero attached hydrogens (tertiary/aromatic N) is 3. The van der Waals surface area contributed by atoms with E-state index in [1.54, 1.807) is 24.3 Å². The lowest BCUT2D eigenvalue weighted by Crippen LogP contribution is -2.25. The second-order valence-electron chi connectivity index (χ2n) is 7.52. The van der Waals surface area contributed by atoms with Crippen molar-refractivity contribution in [3.05, 3.63) is 62.5 Å². The quantitative estimate of drug-likeness (QED) is 0.474. The zero-order valence-corrected chi connectivity index (χ0v) is 16.8. The number of rotatable bonds is 2. The molecule has 6 nitrogen and oxygen atoms in total. The monoisotopic (exact) mass is 407 g/mol. The second-order valence-corrected chi connectivity index (χ2v) is 8.52. The van der Waals surface area contributed by atoms with E-state index < -0.39 is 5.97 Å². The molecule has 0 spiro atoms. The third-order valence-electron chi connectivity index (χ3n) is 5.62. The van der Waals surface area contributed by atoms with E-state index in [1.807, 2.05) is 10.6 Å². The number of carbonyl (C=O) groups is 1. The molecule has 0 saturated heterocycles. The molecule has 2 aromatic heterocycles. The predicted molar refractivity (Wildman–Crippen MR) is 113 cm³/mol. The van der Waals surface area contributed by atoms with Crippen LogP contribution >= 0.6 is 11.3 Å². The van der Waals surface area contributed by atoms with Crippen LogP contribution in [0.25, 0.3) is 10.2 Å². The molecule has 148 valence electrons. The average Bonchev–Trinajstić information content (AvgIpc) is 2.96. The molecule has 0 bridgehead atoms. The van der Waals surface area contributed by atoms with E-state index in [1.165, 1.54) is 11.3 Å². The minimum Gasteiger partial charge on any atom is -0.312 e. The number of aromatic nitrogens is 2. The molecular weight excluding hydrogens is 386 g/mol. The molecule has 1 aliphatic carbocycles. The van der Waals surface area contributed by atoms with E-state index >= 15 is 0 Å². The Morgan fingerprint density at radius 1 is 1.07 bits per heavy atom. The van der Waals surface area contributed by atoms with Crippen molar-refractivity contribution in [2.24, 2.45) is 5.16 Å². The smallest absolute Gasteiger partial charge is 0.312 e. The van der Waals surface area contributed by atoms with Crippen molar-refractivity contribution in [1.82, 2.24) is 9.55 Å². The van der Waals surface area contributed by atoms with Gasteiger partial charge in [-0.15, -0.1) is 11.3 Å². The molecular formula is C22H21N3O3S. The maximum absolute atomic E-state index is 13.2. The summed E-state index contributed by atoms with van der Waals surface area (Å²) in [7, 11) is 0. The molecule has 7 heteroatoms. The molecule has 5 rings (SSSR count). The van der Waals surface area contributed by atoms with E-state index in [0.717, 1.165) is 83.7 Å². The summed E-state index contributed by atoms with van der Waals surface area (Å²) >= 11 is 1.50. The summed E-state index contributed by atoms with van der Waals surface area (Å²) in [5, 5.41) is 4.91.